The van der Waals surface area contributed by atoms with Crippen molar-refractivity contribution in [1.82, 2.24) is 4.31 Å². The molecule has 7 nitrogen and oxygen atoms in total. The molecule has 0 radical (unpaired) electrons. The summed E-state index contributed by atoms with van der Waals surface area (Å²) >= 11 is 0. The van der Waals surface area contributed by atoms with E-state index in [1.54, 1.807) is 26.0 Å². The lowest BCUT2D eigenvalue weighted by Gasteiger charge is -2.24. The van der Waals surface area contributed by atoms with Crippen molar-refractivity contribution in [1.29, 1.82) is 0 Å². The Morgan fingerprint density at radius 1 is 0.931 bits per heavy atom. The molecule has 0 fully saturated rings. The van der Waals surface area contributed by atoms with E-state index in [1.165, 1.54) is 23.5 Å². The average Bonchev–Trinajstić information content (AvgIpc) is 2.57. The Morgan fingerprint density at radius 2 is 1.48 bits per heavy atom. The van der Waals surface area contributed by atoms with Crippen molar-refractivity contribution in [2.45, 2.75) is 32.2 Å². The number of nitrogens with zero attached hydrogens (tertiary/aromatic N) is 1. The summed E-state index contributed by atoms with van der Waals surface area (Å²) in [5.41, 5.74) is 3.10. The summed E-state index contributed by atoms with van der Waals surface area (Å²) in [4.78, 5) is 0.302. The van der Waals surface area contributed by atoms with Gasteiger partial charge in [0.15, 0.2) is 0 Å². The molecule has 0 spiro atoms. The van der Waals surface area contributed by atoms with Gasteiger partial charge in [0.2, 0.25) is 10.0 Å². The zero-order valence-electron chi connectivity index (χ0n) is 17.3. The fraction of sp³-hybridized carbons (Fsp3) is 0.400. The number of aryl methyl sites for hydroxylation is 3. The van der Waals surface area contributed by atoms with Crippen LogP contribution in [0.15, 0.2) is 41.3 Å². The molecule has 0 amide bonds. The van der Waals surface area contributed by atoms with Gasteiger partial charge in [0.25, 0.3) is 0 Å². The normalized spacial score (nSPS) is 12.3. The molecular weight excluding hydrogens is 414 g/mol. The van der Waals surface area contributed by atoms with Gasteiger partial charge in [0.1, 0.15) is 5.75 Å². The van der Waals surface area contributed by atoms with Crippen LogP contribution in [0.2, 0.25) is 0 Å². The highest BCUT2D eigenvalue weighted by atomic mass is 32.2. The van der Waals surface area contributed by atoms with E-state index in [1.807, 2.05) is 19.1 Å². The summed E-state index contributed by atoms with van der Waals surface area (Å²) < 4.78 is 60.6. The molecule has 0 aromatic heterocycles. The van der Waals surface area contributed by atoms with Gasteiger partial charge in [0, 0.05) is 20.2 Å². The lowest BCUT2D eigenvalue weighted by molar-refractivity contribution is 0.177. The van der Waals surface area contributed by atoms with E-state index in [0.717, 1.165) is 11.8 Å². The first-order valence-corrected chi connectivity index (χ1v) is 12.2. The molecule has 0 atom stereocenters. The zero-order valence-corrected chi connectivity index (χ0v) is 18.9. The Balaban J connectivity index is 2.36. The fourth-order valence-electron chi connectivity index (χ4n) is 3.21. The van der Waals surface area contributed by atoms with Crippen molar-refractivity contribution in [3.8, 4) is 5.75 Å². The number of sulfonamides is 1. The molecule has 2 rings (SSSR count). The molecule has 160 valence electrons. The summed E-state index contributed by atoms with van der Waals surface area (Å²) in [5, 5.41) is 0. The number of benzene rings is 2. The van der Waals surface area contributed by atoms with Crippen molar-refractivity contribution < 1.29 is 25.8 Å². The van der Waals surface area contributed by atoms with E-state index in [0.29, 0.717) is 21.6 Å². The van der Waals surface area contributed by atoms with E-state index < -0.39 is 20.1 Å². The van der Waals surface area contributed by atoms with Crippen molar-refractivity contribution in [2.75, 3.05) is 26.5 Å². The molecule has 0 unspecified atom stereocenters. The van der Waals surface area contributed by atoms with Crippen LogP contribution in [0.1, 0.15) is 22.3 Å². The van der Waals surface area contributed by atoms with E-state index >= 15 is 0 Å². The summed E-state index contributed by atoms with van der Waals surface area (Å²) in [6.07, 6.45) is 0.964. The van der Waals surface area contributed by atoms with E-state index in [-0.39, 0.29) is 25.4 Å². The third kappa shape index (κ3) is 6.27. The molecule has 9 heteroatoms. The molecule has 2 aromatic carbocycles. The predicted molar refractivity (Wildman–Crippen MR) is 112 cm³/mol. The van der Waals surface area contributed by atoms with Crippen LogP contribution in [0, 0.1) is 20.8 Å². The van der Waals surface area contributed by atoms with Crippen LogP contribution >= 0.6 is 0 Å². The van der Waals surface area contributed by atoms with Gasteiger partial charge in [-0.2, -0.15) is 12.7 Å². The Morgan fingerprint density at radius 3 is 1.97 bits per heavy atom. The highest BCUT2D eigenvalue weighted by Crippen LogP contribution is 2.27. The largest absolute Gasteiger partial charge is 0.383 e. The summed E-state index contributed by atoms with van der Waals surface area (Å²) in [6, 6.07) is 9.99. The van der Waals surface area contributed by atoms with Gasteiger partial charge in [-0.1, -0.05) is 29.8 Å². The van der Waals surface area contributed by atoms with Crippen molar-refractivity contribution >= 4 is 20.1 Å². The van der Waals surface area contributed by atoms with Crippen molar-refractivity contribution in [3.05, 3.63) is 58.7 Å². The standard InChI is InChI=1S/C20H27NO6S2/c1-15-12-16(2)20(17(3)13-15)29(24,25)21(10-11-26-4)14-18-6-8-19(9-7-18)27-28(5,22)23/h6-9,12-13H,10-11,14H2,1-5H3. The van der Waals surface area contributed by atoms with Gasteiger partial charge < -0.3 is 8.92 Å². The molecular formula is C20H27NO6S2. The fourth-order valence-corrected chi connectivity index (χ4v) is 5.49. The van der Waals surface area contributed by atoms with Crippen LogP contribution in [0.3, 0.4) is 0 Å². The van der Waals surface area contributed by atoms with E-state index in [9.17, 15) is 16.8 Å². The maximum Gasteiger partial charge on any atom is 0.306 e. The summed E-state index contributed by atoms with van der Waals surface area (Å²) in [7, 11) is -5.86. The first kappa shape index (κ1) is 23.3. The Labute approximate surface area is 173 Å². The smallest absolute Gasteiger partial charge is 0.306 e. The minimum Gasteiger partial charge on any atom is -0.383 e. The third-order valence-electron chi connectivity index (χ3n) is 4.28. The van der Waals surface area contributed by atoms with E-state index in [4.69, 9.17) is 8.92 Å². The van der Waals surface area contributed by atoms with Crippen LogP contribution in [0.4, 0.5) is 0 Å². The topological polar surface area (TPSA) is 90.0 Å². The number of ether oxygens (including phenoxy) is 1. The lowest BCUT2D eigenvalue weighted by atomic mass is 10.1. The zero-order chi connectivity index (χ0) is 21.8. The minimum atomic E-state index is -3.76. The molecule has 29 heavy (non-hydrogen) atoms. The number of hydrogen-bond donors (Lipinski definition) is 0. The maximum absolute atomic E-state index is 13.4. The molecule has 0 aliphatic heterocycles. The van der Waals surface area contributed by atoms with Crippen molar-refractivity contribution in [2.24, 2.45) is 0 Å². The first-order chi connectivity index (χ1) is 13.4. The second kappa shape index (κ2) is 9.25. The predicted octanol–water partition coefficient (Wildman–Crippen LogP) is 2.79. The van der Waals surface area contributed by atoms with Gasteiger partial charge in [-0.3, -0.25) is 0 Å². The Kier molecular flexibility index (Phi) is 7.45. The Hall–Kier alpha value is -1.94. The second-order valence-electron chi connectivity index (χ2n) is 6.99. The molecule has 2 aromatic rings. The average molecular weight is 442 g/mol. The monoisotopic (exact) mass is 441 g/mol. The molecule has 0 N–H and O–H groups in total. The molecule has 0 aliphatic carbocycles. The quantitative estimate of drug-likeness (QED) is 0.556. The Bertz CT molecular complexity index is 1040. The second-order valence-corrected chi connectivity index (χ2v) is 10.4. The van der Waals surface area contributed by atoms with Gasteiger partial charge in [-0.15, -0.1) is 0 Å². The minimum absolute atomic E-state index is 0.123. The highest BCUT2D eigenvalue weighted by Gasteiger charge is 2.28. The van der Waals surface area contributed by atoms with Crippen LogP contribution in [0.5, 0.6) is 5.75 Å². The number of hydrogen-bond acceptors (Lipinski definition) is 6. The lowest BCUT2D eigenvalue weighted by Crippen LogP contribution is -2.34. The maximum atomic E-state index is 13.4. The van der Waals surface area contributed by atoms with Gasteiger partial charge in [-0.05, 0) is 49.6 Å². The number of rotatable bonds is 9. The van der Waals surface area contributed by atoms with Crippen LogP contribution < -0.4 is 4.18 Å². The molecule has 0 saturated carbocycles. The molecule has 0 saturated heterocycles. The van der Waals surface area contributed by atoms with Gasteiger partial charge >= 0.3 is 10.1 Å². The third-order valence-corrected chi connectivity index (χ3v) is 6.92. The van der Waals surface area contributed by atoms with Crippen LogP contribution in [-0.2, 0) is 31.4 Å². The summed E-state index contributed by atoms with van der Waals surface area (Å²) in [6.45, 7) is 6.07. The highest BCUT2D eigenvalue weighted by molar-refractivity contribution is 7.89. The van der Waals surface area contributed by atoms with Crippen LogP contribution in [0.25, 0.3) is 0 Å². The van der Waals surface area contributed by atoms with Crippen LogP contribution in [-0.4, -0.2) is 47.7 Å². The van der Waals surface area contributed by atoms with Gasteiger partial charge in [0.05, 0.1) is 17.8 Å². The first-order valence-electron chi connectivity index (χ1n) is 8.99. The van der Waals surface area contributed by atoms with Gasteiger partial charge in [-0.25, -0.2) is 8.42 Å². The van der Waals surface area contributed by atoms with E-state index in [2.05, 4.69) is 0 Å². The molecule has 0 bridgehead atoms. The summed E-state index contributed by atoms with van der Waals surface area (Å²) in [5.74, 6) is 0.174. The number of methoxy groups -OCH3 is 1. The van der Waals surface area contributed by atoms with Crippen molar-refractivity contribution in [3.63, 3.8) is 0 Å². The molecule has 0 heterocycles. The SMILES string of the molecule is COCCN(Cc1ccc(OS(C)(=O)=O)cc1)S(=O)(=O)c1c(C)cc(C)cc1C. The molecule has 0 aliphatic rings.